The molecule has 0 unspecified atom stereocenters. The quantitative estimate of drug-likeness (QED) is 0.374. The smallest absolute Gasteiger partial charge is 0.277 e. The molecule has 0 aliphatic heterocycles. The molecule has 0 saturated carbocycles. The van der Waals surface area contributed by atoms with E-state index < -0.39 is 4.92 Å². The minimum Gasteiger partial charge on any atom is -0.411 e. The van der Waals surface area contributed by atoms with Crippen molar-refractivity contribution in [2.24, 2.45) is 0 Å². The van der Waals surface area contributed by atoms with E-state index in [4.69, 9.17) is 4.42 Å². The largest absolute Gasteiger partial charge is 0.411 e. The maximum Gasteiger partial charge on any atom is 0.277 e. The summed E-state index contributed by atoms with van der Waals surface area (Å²) in [5.74, 6) is 0.204. The highest BCUT2D eigenvalue weighted by molar-refractivity contribution is 7.99. The summed E-state index contributed by atoms with van der Waals surface area (Å²) in [5, 5.41) is 21.8. The normalized spacial score (nSPS) is 10.7. The Balaban J connectivity index is 1.60. The van der Waals surface area contributed by atoms with E-state index in [1.54, 1.807) is 6.92 Å². The first-order valence-corrected chi connectivity index (χ1v) is 9.41. The highest BCUT2D eigenvalue weighted by Crippen LogP contribution is 2.25. The number of nitrogens with one attached hydrogen (secondary N) is 1. The van der Waals surface area contributed by atoms with E-state index in [2.05, 4.69) is 15.5 Å². The Morgan fingerprint density at radius 2 is 1.89 bits per heavy atom. The van der Waals surface area contributed by atoms with Gasteiger partial charge in [-0.05, 0) is 55.7 Å². The number of rotatable bonds is 6. The van der Waals surface area contributed by atoms with Crippen molar-refractivity contribution in [1.82, 2.24) is 10.2 Å². The molecule has 0 aliphatic carbocycles. The lowest BCUT2D eigenvalue weighted by molar-refractivity contribution is -0.384. The maximum absolute atomic E-state index is 12.2. The Kier molecular flexibility index (Phi) is 5.74. The van der Waals surface area contributed by atoms with Crippen molar-refractivity contribution < 1.29 is 14.1 Å². The van der Waals surface area contributed by atoms with Gasteiger partial charge in [-0.2, -0.15) is 0 Å². The molecule has 1 N–H and O–H groups in total. The number of amides is 1. The summed E-state index contributed by atoms with van der Waals surface area (Å²) >= 11 is 1.12. The van der Waals surface area contributed by atoms with Crippen LogP contribution in [-0.2, 0) is 4.79 Å². The van der Waals surface area contributed by atoms with Crippen molar-refractivity contribution in [3.05, 3.63) is 63.2 Å². The van der Waals surface area contributed by atoms with E-state index in [1.807, 2.05) is 32.0 Å². The molecular weight excluding hydrogens is 380 g/mol. The number of carbonyl (C=O) groups excluding carboxylic acids is 1. The van der Waals surface area contributed by atoms with Gasteiger partial charge in [0.25, 0.3) is 10.9 Å². The number of aryl methyl sites for hydroxylation is 3. The average Bonchev–Trinajstić information content (AvgIpc) is 3.13. The lowest BCUT2D eigenvalue weighted by Crippen LogP contribution is -2.14. The third kappa shape index (κ3) is 4.55. The topological polar surface area (TPSA) is 111 Å². The van der Waals surface area contributed by atoms with Crippen LogP contribution in [0.25, 0.3) is 11.5 Å². The molecule has 3 rings (SSSR count). The summed E-state index contributed by atoms with van der Waals surface area (Å²) in [6, 6.07) is 10.2. The molecule has 0 aliphatic rings. The third-order valence-corrected chi connectivity index (χ3v) is 5.00. The molecule has 0 atom stereocenters. The number of benzene rings is 2. The number of aromatic nitrogens is 2. The van der Waals surface area contributed by atoms with E-state index in [9.17, 15) is 14.9 Å². The van der Waals surface area contributed by atoms with E-state index in [1.165, 1.54) is 23.8 Å². The number of nitro benzene ring substituents is 1. The van der Waals surface area contributed by atoms with Crippen LogP contribution in [0.3, 0.4) is 0 Å². The van der Waals surface area contributed by atoms with Crippen LogP contribution >= 0.6 is 11.8 Å². The van der Waals surface area contributed by atoms with E-state index >= 15 is 0 Å². The van der Waals surface area contributed by atoms with Gasteiger partial charge in [-0.1, -0.05) is 17.8 Å². The molecule has 1 aromatic heterocycles. The fourth-order valence-corrected chi connectivity index (χ4v) is 3.04. The van der Waals surface area contributed by atoms with E-state index in [0.717, 1.165) is 22.9 Å². The number of carbonyl (C=O) groups is 1. The highest BCUT2D eigenvalue weighted by atomic mass is 32.2. The summed E-state index contributed by atoms with van der Waals surface area (Å²) in [4.78, 5) is 22.5. The second-order valence-corrected chi connectivity index (χ2v) is 7.19. The number of anilines is 1. The van der Waals surface area contributed by atoms with Crippen molar-refractivity contribution >= 4 is 29.0 Å². The van der Waals surface area contributed by atoms with Gasteiger partial charge in [0, 0.05) is 23.4 Å². The summed E-state index contributed by atoms with van der Waals surface area (Å²) in [6.07, 6.45) is 0. The van der Waals surface area contributed by atoms with Crippen LogP contribution in [0.1, 0.15) is 16.7 Å². The predicted octanol–water partition coefficient (Wildman–Crippen LogP) is 4.30. The van der Waals surface area contributed by atoms with Crippen molar-refractivity contribution in [3.63, 3.8) is 0 Å². The van der Waals surface area contributed by atoms with Gasteiger partial charge < -0.3 is 9.73 Å². The molecule has 0 bridgehead atoms. The van der Waals surface area contributed by atoms with E-state index in [-0.39, 0.29) is 17.3 Å². The van der Waals surface area contributed by atoms with Crippen LogP contribution in [0.4, 0.5) is 11.4 Å². The number of thioether (sulfide) groups is 1. The Morgan fingerprint density at radius 3 is 2.57 bits per heavy atom. The minimum absolute atomic E-state index is 0.0189. The Hall–Kier alpha value is -3.20. The molecular formula is C19H18N4O4S. The fraction of sp³-hybridized carbons (Fsp3) is 0.211. The Morgan fingerprint density at radius 1 is 1.11 bits per heavy atom. The molecule has 1 amide bonds. The second-order valence-electron chi connectivity index (χ2n) is 6.27. The van der Waals surface area contributed by atoms with Gasteiger partial charge in [-0.15, -0.1) is 10.2 Å². The zero-order valence-electron chi connectivity index (χ0n) is 15.6. The summed E-state index contributed by atoms with van der Waals surface area (Å²) in [7, 11) is 0. The van der Waals surface area contributed by atoms with Gasteiger partial charge in [-0.25, -0.2) is 0 Å². The van der Waals surface area contributed by atoms with E-state index in [0.29, 0.717) is 22.4 Å². The predicted molar refractivity (Wildman–Crippen MR) is 106 cm³/mol. The van der Waals surface area contributed by atoms with Crippen molar-refractivity contribution in [3.8, 4) is 11.5 Å². The first-order valence-electron chi connectivity index (χ1n) is 8.42. The summed E-state index contributed by atoms with van der Waals surface area (Å²) < 4.78 is 5.62. The van der Waals surface area contributed by atoms with Crippen LogP contribution in [0, 0.1) is 30.9 Å². The molecule has 0 fully saturated rings. The maximum atomic E-state index is 12.2. The molecule has 8 nitrogen and oxygen atoms in total. The van der Waals surface area contributed by atoms with Crippen LogP contribution in [0.15, 0.2) is 46.0 Å². The first-order chi connectivity index (χ1) is 13.3. The second kappa shape index (κ2) is 8.22. The number of nitro groups is 1. The lowest BCUT2D eigenvalue weighted by atomic mass is 10.1. The molecule has 3 aromatic rings. The van der Waals surface area contributed by atoms with Gasteiger partial charge in [0.05, 0.1) is 10.7 Å². The molecule has 9 heteroatoms. The van der Waals surface area contributed by atoms with Crippen LogP contribution in [0.5, 0.6) is 0 Å². The van der Waals surface area contributed by atoms with Gasteiger partial charge in [0.2, 0.25) is 11.8 Å². The van der Waals surface area contributed by atoms with Crippen LogP contribution in [-0.4, -0.2) is 26.8 Å². The Labute approximate surface area is 165 Å². The standard InChI is InChI=1S/C19H18N4O4S/c1-11-4-5-14(8-12(11)2)18-21-22-19(27-18)28-10-17(24)20-16-7-6-15(23(25)26)9-13(16)3/h4-9H,10H2,1-3H3,(H,20,24). The highest BCUT2D eigenvalue weighted by Gasteiger charge is 2.14. The molecule has 0 spiro atoms. The summed E-state index contributed by atoms with van der Waals surface area (Å²) in [5.41, 5.74) is 4.25. The number of nitrogens with zero attached hydrogens (tertiary/aromatic N) is 3. The molecule has 28 heavy (non-hydrogen) atoms. The number of non-ortho nitro benzene ring substituents is 1. The third-order valence-electron chi connectivity index (χ3n) is 4.18. The van der Waals surface area contributed by atoms with Crippen LogP contribution in [0.2, 0.25) is 0 Å². The van der Waals surface area contributed by atoms with Crippen LogP contribution < -0.4 is 5.32 Å². The van der Waals surface area contributed by atoms with Crippen molar-refractivity contribution in [2.45, 2.75) is 26.0 Å². The minimum atomic E-state index is -0.475. The zero-order chi connectivity index (χ0) is 20.3. The van der Waals surface area contributed by atoms with Crippen molar-refractivity contribution in [1.29, 1.82) is 0 Å². The monoisotopic (exact) mass is 398 g/mol. The lowest BCUT2D eigenvalue weighted by Gasteiger charge is -2.07. The van der Waals surface area contributed by atoms with Gasteiger partial charge in [0.15, 0.2) is 0 Å². The molecule has 1 heterocycles. The number of hydrogen-bond donors (Lipinski definition) is 1. The molecule has 0 saturated heterocycles. The Bertz CT molecular complexity index is 1050. The molecule has 144 valence electrons. The van der Waals surface area contributed by atoms with Gasteiger partial charge >= 0.3 is 0 Å². The van der Waals surface area contributed by atoms with Gasteiger partial charge in [-0.3, -0.25) is 14.9 Å². The number of hydrogen-bond acceptors (Lipinski definition) is 7. The fourth-order valence-electron chi connectivity index (χ4n) is 2.47. The van der Waals surface area contributed by atoms with Gasteiger partial charge in [0.1, 0.15) is 0 Å². The van der Waals surface area contributed by atoms with Crippen molar-refractivity contribution in [2.75, 3.05) is 11.1 Å². The zero-order valence-corrected chi connectivity index (χ0v) is 16.4. The first kappa shape index (κ1) is 19.6. The summed E-state index contributed by atoms with van der Waals surface area (Å²) in [6.45, 7) is 5.73. The molecule has 2 aromatic carbocycles. The SMILES string of the molecule is Cc1ccc(-c2nnc(SCC(=O)Nc3ccc([N+](=O)[O-])cc3C)o2)cc1C. The average molecular weight is 398 g/mol. The molecule has 0 radical (unpaired) electrons.